The fourth-order valence-electron chi connectivity index (χ4n) is 1.87. The Bertz CT molecular complexity index is 552. The van der Waals surface area contributed by atoms with Gasteiger partial charge in [-0.15, -0.1) is 0 Å². The van der Waals surface area contributed by atoms with Gasteiger partial charge in [0.05, 0.1) is 0 Å². The minimum Gasteiger partial charge on any atom is -0.480 e. The van der Waals surface area contributed by atoms with Crippen molar-refractivity contribution in [2.75, 3.05) is 7.05 Å². The molecule has 0 aliphatic carbocycles. The van der Waals surface area contributed by atoms with Gasteiger partial charge < -0.3 is 10.1 Å². The molecular formula is C16H17NO2. The van der Waals surface area contributed by atoms with Crippen LogP contribution in [0.1, 0.15) is 6.92 Å². The third-order valence-corrected chi connectivity index (χ3v) is 2.89. The van der Waals surface area contributed by atoms with E-state index in [9.17, 15) is 4.79 Å². The number of carbonyl (C=O) groups is 1. The number of benzene rings is 2. The van der Waals surface area contributed by atoms with Crippen molar-refractivity contribution >= 4 is 5.91 Å². The maximum Gasteiger partial charge on any atom is 0.260 e. The van der Waals surface area contributed by atoms with Gasteiger partial charge in [-0.3, -0.25) is 4.79 Å². The number of carbonyl (C=O) groups excluding carboxylic acids is 1. The van der Waals surface area contributed by atoms with Gasteiger partial charge in [0.2, 0.25) is 0 Å². The lowest BCUT2D eigenvalue weighted by molar-refractivity contribution is -0.126. The first-order chi connectivity index (χ1) is 9.22. The molecule has 98 valence electrons. The maximum atomic E-state index is 11.5. The summed E-state index contributed by atoms with van der Waals surface area (Å²) in [5.41, 5.74) is 2.06. The maximum absolute atomic E-state index is 11.5. The van der Waals surface area contributed by atoms with Crippen molar-refractivity contribution in [3.05, 3.63) is 54.6 Å². The zero-order valence-corrected chi connectivity index (χ0v) is 11.1. The Labute approximate surface area is 113 Å². The zero-order chi connectivity index (χ0) is 13.7. The fraction of sp³-hybridized carbons (Fsp3) is 0.188. The highest BCUT2D eigenvalue weighted by atomic mass is 16.5. The molecule has 0 aliphatic rings. The van der Waals surface area contributed by atoms with Crippen LogP contribution < -0.4 is 10.1 Å². The molecule has 0 unspecified atom stereocenters. The summed E-state index contributed by atoms with van der Waals surface area (Å²) >= 11 is 0. The monoisotopic (exact) mass is 255 g/mol. The number of hydrogen-bond donors (Lipinski definition) is 1. The molecule has 0 fully saturated rings. The highest BCUT2D eigenvalue weighted by molar-refractivity contribution is 5.81. The molecule has 2 aromatic carbocycles. The number of ether oxygens (including phenoxy) is 1. The SMILES string of the molecule is CNC(=O)[C@@H](C)Oc1ccccc1-c1ccccc1. The molecule has 3 heteroatoms. The Morgan fingerprint density at radius 3 is 2.37 bits per heavy atom. The van der Waals surface area contributed by atoms with Crippen LogP contribution in [0.5, 0.6) is 5.75 Å². The molecular weight excluding hydrogens is 238 g/mol. The van der Waals surface area contributed by atoms with Gasteiger partial charge in [0, 0.05) is 12.6 Å². The van der Waals surface area contributed by atoms with E-state index < -0.39 is 6.10 Å². The van der Waals surface area contributed by atoms with E-state index in [0.29, 0.717) is 5.75 Å². The summed E-state index contributed by atoms with van der Waals surface area (Å²) in [7, 11) is 1.60. The normalized spacial score (nSPS) is 11.7. The van der Waals surface area contributed by atoms with Crippen LogP contribution in [0.15, 0.2) is 54.6 Å². The highest BCUT2D eigenvalue weighted by Gasteiger charge is 2.14. The Morgan fingerprint density at radius 1 is 1.05 bits per heavy atom. The van der Waals surface area contributed by atoms with Crippen LogP contribution in [0.4, 0.5) is 0 Å². The van der Waals surface area contributed by atoms with Crippen molar-refractivity contribution in [1.29, 1.82) is 0 Å². The summed E-state index contributed by atoms with van der Waals surface area (Å²) < 4.78 is 5.74. The van der Waals surface area contributed by atoms with Crippen LogP contribution in [0, 0.1) is 0 Å². The minimum absolute atomic E-state index is 0.136. The molecule has 0 aromatic heterocycles. The summed E-state index contributed by atoms with van der Waals surface area (Å²) in [6.45, 7) is 1.74. The minimum atomic E-state index is -0.519. The number of nitrogens with one attached hydrogen (secondary N) is 1. The van der Waals surface area contributed by atoms with E-state index in [1.807, 2.05) is 54.6 Å². The smallest absolute Gasteiger partial charge is 0.260 e. The van der Waals surface area contributed by atoms with Gasteiger partial charge in [-0.2, -0.15) is 0 Å². The highest BCUT2D eigenvalue weighted by Crippen LogP contribution is 2.30. The first-order valence-electron chi connectivity index (χ1n) is 6.25. The van der Waals surface area contributed by atoms with Gasteiger partial charge in [-0.05, 0) is 18.6 Å². The largest absolute Gasteiger partial charge is 0.480 e. The number of amides is 1. The van der Waals surface area contributed by atoms with Crippen LogP contribution in [0.25, 0.3) is 11.1 Å². The molecule has 1 N–H and O–H groups in total. The van der Waals surface area contributed by atoms with Crippen molar-refractivity contribution in [3.8, 4) is 16.9 Å². The van der Waals surface area contributed by atoms with Crippen LogP contribution in [-0.4, -0.2) is 19.1 Å². The molecule has 2 aromatic rings. The van der Waals surface area contributed by atoms with Crippen LogP contribution >= 0.6 is 0 Å². The second kappa shape index (κ2) is 6.05. The first kappa shape index (κ1) is 13.1. The lowest BCUT2D eigenvalue weighted by atomic mass is 10.0. The molecule has 1 amide bonds. The van der Waals surface area contributed by atoms with Gasteiger partial charge in [-0.1, -0.05) is 48.5 Å². The lowest BCUT2D eigenvalue weighted by Gasteiger charge is -2.16. The number of para-hydroxylation sites is 1. The number of rotatable bonds is 4. The second-order valence-corrected chi connectivity index (χ2v) is 4.24. The van der Waals surface area contributed by atoms with Gasteiger partial charge in [0.15, 0.2) is 6.10 Å². The molecule has 2 rings (SSSR count). The summed E-state index contributed by atoms with van der Waals surface area (Å²) in [5, 5.41) is 2.58. The van der Waals surface area contributed by atoms with E-state index in [1.165, 1.54) is 0 Å². The van der Waals surface area contributed by atoms with Gasteiger partial charge in [0.25, 0.3) is 5.91 Å². The van der Waals surface area contributed by atoms with Crippen LogP contribution in [0.3, 0.4) is 0 Å². The Kier molecular flexibility index (Phi) is 4.18. The van der Waals surface area contributed by atoms with Crippen molar-refractivity contribution in [3.63, 3.8) is 0 Å². The zero-order valence-electron chi connectivity index (χ0n) is 11.1. The van der Waals surface area contributed by atoms with Crippen LogP contribution in [0.2, 0.25) is 0 Å². The standard InChI is InChI=1S/C16H17NO2/c1-12(16(18)17-2)19-15-11-7-6-10-14(15)13-8-4-3-5-9-13/h3-12H,1-2H3,(H,17,18)/t12-/m1/s1. The Hall–Kier alpha value is -2.29. The van der Waals surface area contributed by atoms with E-state index in [4.69, 9.17) is 4.74 Å². The molecule has 0 heterocycles. The third-order valence-electron chi connectivity index (χ3n) is 2.89. The summed E-state index contributed by atoms with van der Waals surface area (Å²) in [6, 6.07) is 17.7. The van der Waals surface area contributed by atoms with Gasteiger partial charge in [0.1, 0.15) is 5.75 Å². The van der Waals surface area contributed by atoms with Gasteiger partial charge >= 0.3 is 0 Å². The molecule has 1 atom stereocenters. The average molecular weight is 255 g/mol. The third kappa shape index (κ3) is 3.13. The second-order valence-electron chi connectivity index (χ2n) is 4.24. The summed E-state index contributed by atoms with van der Waals surface area (Å²) in [4.78, 5) is 11.5. The predicted molar refractivity (Wildman–Crippen MR) is 76.0 cm³/mol. The predicted octanol–water partition coefficient (Wildman–Crippen LogP) is 2.87. The Morgan fingerprint density at radius 2 is 1.68 bits per heavy atom. The fourth-order valence-corrected chi connectivity index (χ4v) is 1.87. The van der Waals surface area contributed by atoms with Crippen LogP contribution in [-0.2, 0) is 4.79 Å². The molecule has 0 radical (unpaired) electrons. The summed E-state index contributed by atoms with van der Waals surface area (Å²) in [5.74, 6) is 0.577. The van der Waals surface area contributed by atoms with E-state index in [0.717, 1.165) is 11.1 Å². The molecule has 19 heavy (non-hydrogen) atoms. The number of hydrogen-bond acceptors (Lipinski definition) is 2. The first-order valence-corrected chi connectivity index (χ1v) is 6.25. The molecule has 0 saturated heterocycles. The van der Waals surface area contributed by atoms with Crippen molar-refractivity contribution < 1.29 is 9.53 Å². The topological polar surface area (TPSA) is 38.3 Å². The summed E-state index contributed by atoms with van der Waals surface area (Å²) in [6.07, 6.45) is -0.519. The van der Waals surface area contributed by atoms with E-state index in [-0.39, 0.29) is 5.91 Å². The molecule has 0 saturated carbocycles. The van der Waals surface area contributed by atoms with Crippen molar-refractivity contribution in [2.45, 2.75) is 13.0 Å². The van der Waals surface area contributed by atoms with Gasteiger partial charge in [-0.25, -0.2) is 0 Å². The molecule has 0 spiro atoms. The molecule has 0 bridgehead atoms. The number of likely N-dealkylation sites (N-methyl/N-ethyl adjacent to an activating group) is 1. The Balaban J connectivity index is 2.30. The molecule has 0 aliphatic heterocycles. The van der Waals surface area contributed by atoms with Crippen molar-refractivity contribution in [1.82, 2.24) is 5.32 Å². The average Bonchev–Trinajstić information content (AvgIpc) is 2.47. The van der Waals surface area contributed by atoms with E-state index in [1.54, 1.807) is 14.0 Å². The quantitative estimate of drug-likeness (QED) is 0.912. The van der Waals surface area contributed by atoms with Crippen molar-refractivity contribution in [2.24, 2.45) is 0 Å². The lowest BCUT2D eigenvalue weighted by Crippen LogP contribution is -2.33. The van der Waals surface area contributed by atoms with E-state index in [2.05, 4.69) is 5.32 Å². The van der Waals surface area contributed by atoms with E-state index >= 15 is 0 Å². The molecule has 3 nitrogen and oxygen atoms in total.